The summed E-state index contributed by atoms with van der Waals surface area (Å²) in [5, 5.41) is 0. The van der Waals surface area contributed by atoms with E-state index in [-0.39, 0.29) is 0 Å². The summed E-state index contributed by atoms with van der Waals surface area (Å²) in [7, 11) is 0. The van der Waals surface area contributed by atoms with Crippen LogP contribution < -0.4 is 0 Å². The molecular formula is C16H24O. The Hall–Kier alpha value is -1.11. The van der Waals surface area contributed by atoms with Gasteiger partial charge in [-0.15, -0.1) is 0 Å². The largest absolute Gasteiger partial charge is 0.299 e. The number of hydrogen-bond acceptors (Lipinski definition) is 1. The molecule has 1 aromatic rings. The highest BCUT2D eigenvalue weighted by Crippen LogP contribution is 2.18. The number of hydrogen-bond donors (Lipinski definition) is 0. The Morgan fingerprint density at radius 1 is 1.12 bits per heavy atom. The second-order valence-electron chi connectivity index (χ2n) is 5.08. The summed E-state index contributed by atoms with van der Waals surface area (Å²) in [5.74, 6) is 0.824. The molecule has 0 heterocycles. The molecule has 0 aromatic heterocycles. The predicted molar refractivity (Wildman–Crippen MR) is 73.4 cm³/mol. The van der Waals surface area contributed by atoms with Crippen LogP contribution in [0.4, 0.5) is 0 Å². The third kappa shape index (κ3) is 3.99. The highest BCUT2D eigenvalue weighted by molar-refractivity contribution is 5.81. The number of Topliss-reactive ketones (excluding diaryl/α,β-unsaturated/α-hetero) is 1. The Bertz CT molecular complexity index is 377. The van der Waals surface area contributed by atoms with E-state index in [9.17, 15) is 4.79 Å². The highest BCUT2D eigenvalue weighted by atomic mass is 16.1. The molecule has 1 aromatic carbocycles. The Morgan fingerprint density at radius 2 is 1.76 bits per heavy atom. The molecule has 1 nitrogen and oxygen atoms in total. The van der Waals surface area contributed by atoms with Crippen molar-refractivity contribution in [3.8, 4) is 0 Å². The standard InChI is InChI=1S/C16H24O/c1-5-13-8-7-9-14(16(13)6-2)11-15(17)10-12(3)4/h7-9,12H,5-6,10-11H2,1-4H3. The third-order valence-corrected chi connectivity index (χ3v) is 3.13. The Labute approximate surface area is 105 Å². The summed E-state index contributed by atoms with van der Waals surface area (Å²) < 4.78 is 0. The minimum absolute atomic E-state index is 0.364. The van der Waals surface area contributed by atoms with E-state index in [2.05, 4.69) is 45.9 Å². The molecule has 0 radical (unpaired) electrons. The van der Waals surface area contributed by atoms with Crippen molar-refractivity contribution in [2.75, 3.05) is 0 Å². The van der Waals surface area contributed by atoms with E-state index in [1.54, 1.807) is 0 Å². The maximum absolute atomic E-state index is 11.9. The van der Waals surface area contributed by atoms with Gasteiger partial charge in [0.25, 0.3) is 0 Å². The molecule has 0 N–H and O–H groups in total. The summed E-state index contributed by atoms with van der Waals surface area (Å²) in [6.07, 6.45) is 3.37. The monoisotopic (exact) mass is 232 g/mol. The molecule has 0 spiro atoms. The van der Waals surface area contributed by atoms with Crippen LogP contribution in [0.15, 0.2) is 18.2 Å². The van der Waals surface area contributed by atoms with E-state index in [1.165, 1.54) is 16.7 Å². The SMILES string of the molecule is CCc1cccc(CC(=O)CC(C)C)c1CC. The van der Waals surface area contributed by atoms with Crippen molar-refractivity contribution in [2.24, 2.45) is 5.92 Å². The van der Waals surface area contributed by atoms with E-state index >= 15 is 0 Å². The smallest absolute Gasteiger partial charge is 0.137 e. The summed E-state index contributed by atoms with van der Waals surface area (Å²) in [5.41, 5.74) is 4.01. The van der Waals surface area contributed by atoms with Gasteiger partial charge >= 0.3 is 0 Å². The first-order chi connectivity index (χ1) is 8.08. The van der Waals surface area contributed by atoms with Crippen LogP contribution in [0, 0.1) is 5.92 Å². The maximum Gasteiger partial charge on any atom is 0.137 e. The van der Waals surface area contributed by atoms with Gasteiger partial charge in [0.1, 0.15) is 5.78 Å². The fourth-order valence-corrected chi connectivity index (χ4v) is 2.38. The van der Waals surface area contributed by atoms with E-state index in [0.717, 1.165) is 12.8 Å². The van der Waals surface area contributed by atoms with Gasteiger partial charge in [0.15, 0.2) is 0 Å². The lowest BCUT2D eigenvalue weighted by atomic mass is 9.92. The van der Waals surface area contributed by atoms with Crippen LogP contribution in [-0.2, 0) is 24.1 Å². The maximum atomic E-state index is 11.9. The van der Waals surface area contributed by atoms with Crippen molar-refractivity contribution in [1.29, 1.82) is 0 Å². The molecule has 0 bridgehead atoms. The van der Waals surface area contributed by atoms with Gasteiger partial charge in [-0.2, -0.15) is 0 Å². The van der Waals surface area contributed by atoms with Gasteiger partial charge in [-0.1, -0.05) is 45.9 Å². The van der Waals surface area contributed by atoms with Crippen LogP contribution in [0.3, 0.4) is 0 Å². The second-order valence-corrected chi connectivity index (χ2v) is 5.08. The predicted octanol–water partition coefficient (Wildman–Crippen LogP) is 3.97. The molecule has 17 heavy (non-hydrogen) atoms. The molecule has 0 atom stereocenters. The summed E-state index contributed by atoms with van der Waals surface area (Å²) >= 11 is 0. The zero-order valence-corrected chi connectivity index (χ0v) is 11.5. The van der Waals surface area contributed by atoms with Gasteiger partial charge < -0.3 is 0 Å². The molecule has 0 aliphatic carbocycles. The van der Waals surface area contributed by atoms with Crippen LogP contribution >= 0.6 is 0 Å². The minimum Gasteiger partial charge on any atom is -0.299 e. The van der Waals surface area contributed by atoms with Crippen molar-refractivity contribution in [1.82, 2.24) is 0 Å². The van der Waals surface area contributed by atoms with Gasteiger partial charge in [0.05, 0.1) is 0 Å². The number of benzene rings is 1. The van der Waals surface area contributed by atoms with Crippen molar-refractivity contribution in [3.63, 3.8) is 0 Å². The quantitative estimate of drug-likeness (QED) is 0.725. The normalized spacial score (nSPS) is 10.9. The molecule has 0 aliphatic rings. The molecule has 1 rings (SSSR count). The average molecular weight is 232 g/mol. The Kier molecular flexibility index (Phi) is 5.40. The summed E-state index contributed by atoms with van der Waals surface area (Å²) in [6.45, 7) is 8.54. The number of carbonyl (C=O) groups is 1. The van der Waals surface area contributed by atoms with Crippen LogP contribution in [-0.4, -0.2) is 5.78 Å². The molecule has 0 aliphatic heterocycles. The van der Waals surface area contributed by atoms with E-state index < -0.39 is 0 Å². The molecular weight excluding hydrogens is 208 g/mol. The topological polar surface area (TPSA) is 17.1 Å². The molecule has 0 fully saturated rings. The van der Waals surface area contributed by atoms with Crippen molar-refractivity contribution in [2.45, 2.75) is 53.4 Å². The first-order valence-electron chi connectivity index (χ1n) is 6.69. The summed E-state index contributed by atoms with van der Waals surface area (Å²) in [4.78, 5) is 11.9. The third-order valence-electron chi connectivity index (χ3n) is 3.13. The average Bonchev–Trinajstić information content (AvgIpc) is 2.27. The first kappa shape index (κ1) is 14.0. The minimum atomic E-state index is 0.364. The first-order valence-corrected chi connectivity index (χ1v) is 6.69. The Morgan fingerprint density at radius 3 is 2.29 bits per heavy atom. The van der Waals surface area contributed by atoms with Crippen LogP contribution in [0.2, 0.25) is 0 Å². The van der Waals surface area contributed by atoms with Crippen LogP contribution in [0.5, 0.6) is 0 Å². The fraction of sp³-hybridized carbons (Fsp3) is 0.562. The van der Waals surface area contributed by atoms with Gasteiger partial charge in [-0.3, -0.25) is 4.79 Å². The lowest BCUT2D eigenvalue weighted by Crippen LogP contribution is -2.09. The van der Waals surface area contributed by atoms with Gasteiger partial charge in [0, 0.05) is 12.8 Å². The zero-order valence-electron chi connectivity index (χ0n) is 11.5. The Balaban J connectivity index is 2.87. The molecule has 94 valence electrons. The molecule has 1 heteroatoms. The van der Waals surface area contributed by atoms with Gasteiger partial charge in [-0.25, -0.2) is 0 Å². The number of carbonyl (C=O) groups excluding carboxylic acids is 1. The number of ketones is 1. The van der Waals surface area contributed by atoms with Gasteiger partial charge in [-0.05, 0) is 35.4 Å². The van der Waals surface area contributed by atoms with E-state index in [1.807, 2.05) is 0 Å². The lowest BCUT2D eigenvalue weighted by molar-refractivity contribution is -0.119. The van der Waals surface area contributed by atoms with Crippen molar-refractivity contribution < 1.29 is 4.79 Å². The van der Waals surface area contributed by atoms with Gasteiger partial charge in [0.2, 0.25) is 0 Å². The van der Waals surface area contributed by atoms with E-state index in [0.29, 0.717) is 24.5 Å². The summed E-state index contributed by atoms with van der Waals surface area (Å²) in [6, 6.07) is 6.36. The van der Waals surface area contributed by atoms with Crippen molar-refractivity contribution in [3.05, 3.63) is 34.9 Å². The number of rotatable bonds is 6. The fourth-order valence-electron chi connectivity index (χ4n) is 2.38. The van der Waals surface area contributed by atoms with Crippen LogP contribution in [0.1, 0.15) is 50.8 Å². The number of aryl methyl sites for hydroxylation is 1. The molecule has 0 amide bonds. The molecule has 0 unspecified atom stereocenters. The van der Waals surface area contributed by atoms with E-state index in [4.69, 9.17) is 0 Å². The zero-order chi connectivity index (χ0) is 12.8. The molecule has 0 saturated carbocycles. The lowest BCUT2D eigenvalue weighted by Gasteiger charge is -2.12. The van der Waals surface area contributed by atoms with Crippen LogP contribution in [0.25, 0.3) is 0 Å². The highest BCUT2D eigenvalue weighted by Gasteiger charge is 2.10. The second kappa shape index (κ2) is 6.58. The van der Waals surface area contributed by atoms with Crippen molar-refractivity contribution >= 4 is 5.78 Å². The molecule has 0 saturated heterocycles.